The standard InChI is InChI=1S/C16H24F3N3O/c1-23-13-5-3-12(4-6-13)20-8-11-2-7-15-21-14(16(17,18)19)10-22(15)9-11/h10-13,20H,2-9H2,1H3. The summed E-state index contributed by atoms with van der Waals surface area (Å²) < 4.78 is 45.2. The fraction of sp³-hybridized carbons (Fsp3) is 0.812. The van der Waals surface area contributed by atoms with Gasteiger partial charge in [0.05, 0.1) is 6.10 Å². The molecular weight excluding hydrogens is 307 g/mol. The summed E-state index contributed by atoms with van der Waals surface area (Å²) in [6.45, 7) is 1.49. The lowest BCUT2D eigenvalue weighted by atomic mass is 9.92. The molecule has 130 valence electrons. The number of nitrogens with one attached hydrogen (secondary N) is 1. The Bertz CT molecular complexity index is 521. The van der Waals surface area contributed by atoms with Gasteiger partial charge in [-0.15, -0.1) is 0 Å². The van der Waals surface area contributed by atoms with Gasteiger partial charge in [0.2, 0.25) is 0 Å². The largest absolute Gasteiger partial charge is 0.434 e. The zero-order chi connectivity index (χ0) is 16.4. The Hall–Kier alpha value is -1.08. The Morgan fingerprint density at radius 3 is 2.65 bits per heavy atom. The van der Waals surface area contributed by atoms with Crippen LogP contribution in [0.1, 0.15) is 43.6 Å². The third-order valence-corrected chi connectivity index (χ3v) is 5.08. The van der Waals surface area contributed by atoms with Crippen molar-refractivity contribution in [2.75, 3.05) is 13.7 Å². The first kappa shape index (κ1) is 16.8. The second-order valence-corrected chi connectivity index (χ2v) is 6.71. The van der Waals surface area contributed by atoms with Crippen LogP contribution in [0.4, 0.5) is 13.2 Å². The first-order chi connectivity index (χ1) is 11.0. The molecule has 1 aliphatic heterocycles. The van der Waals surface area contributed by atoms with E-state index < -0.39 is 11.9 Å². The van der Waals surface area contributed by atoms with E-state index in [1.165, 1.54) is 0 Å². The van der Waals surface area contributed by atoms with Crippen molar-refractivity contribution in [2.24, 2.45) is 5.92 Å². The number of aromatic nitrogens is 2. The van der Waals surface area contributed by atoms with E-state index in [2.05, 4.69) is 10.3 Å². The Kier molecular flexibility index (Phi) is 4.96. The van der Waals surface area contributed by atoms with Gasteiger partial charge in [-0.2, -0.15) is 13.2 Å². The summed E-state index contributed by atoms with van der Waals surface area (Å²) in [5.74, 6) is 0.937. The Morgan fingerprint density at radius 1 is 1.26 bits per heavy atom. The number of alkyl halides is 3. The summed E-state index contributed by atoms with van der Waals surface area (Å²) in [6.07, 6.45) is 3.10. The first-order valence-corrected chi connectivity index (χ1v) is 8.35. The highest BCUT2D eigenvalue weighted by Crippen LogP contribution is 2.30. The van der Waals surface area contributed by atoms with Crippen molar-refractivity contribution in [2.45, 2.75) is 63.4 Å². The molecule has 1 saturated carbocycles. The number of fused-ring (bicyclic) bond motifs is 1. The van der Waals surface area contributed by atoms with E-state index in [4.69, 9.17) is 4.74 Å². The van der Waals surface area contributed by atoms with Gasteiger partial charge in [0.25, 0.3) is 0 Å². The van der Waals surface area contributed by atoms with Crippen molar-refractivity contribution >= 4 is 0 Å². The van der Waals surface area contributed by atoms with Gasteiger partial charge in [0, 0.05) is 32.3 Å². The van der Waals surface area contributed by atoms with Crippen LogP contribution in [0, 0.1) is 5.92 Å². The van der Waals surface area contributed by atoms with Crippen molar-refractivity contribution in [1.29, 1.82) is 0 Å². The molecule has 2 heterocycles. The summed E-state index contributed by atoms with van der Waals surface area (Å²) in [7, 11) is 1.76. The van der Waals surface area contributed by atoms with Crippen LogP contribution in [-0.4, -0.2) is 35.4 Å². The molecule has 1 fully saturated rings. The van der Waals surface area contributed by atoms with E-state index in [1.807, 2.05) is 0 Å². The molecule has 0 spiro atoms. The topological polar surface area (TPSA) is 39.1 Å². The van der Waals surface area contributed by atoms with Gasteiger partial charge >= 0.3 is 6.18 Å². The number of rotatable bonds is 4. The number of aryl methyl sites for hydroxylation is 1. The number of ether oxygens (including phenoxy) is 1. The van der Waals surface area contributed by atoms with Gasteiger partial charge in [0.15, 0.2) is 5.69 Å². The minimum Gasteiger partial charge on any atom is -0.381 e. The van der Waals surface area contributed by atoms with Gasteiger partial charge in [-0.25, -0.2) is 4.98 Å². The normalized spacial score (nSPS) is 28.6. The molecule has 1 aromatic heterocycles. The molecule has 0 saturated heterocycles. The fourth-order valence-corrected chi connectivity index (χ4v) is 3.65. The summed E-state index contributed by atoms with van der Waals surface area (Å²) >= 11 is 0. The molecule has 0 amide bonds. The number of methoxy groups -OCH3 is 1. The van der Waals surface area contributed by atoms with Gasteiger partial charge in [-0.3, -0.25) is 0 Å². The Balaban J connectivity index is 1.49. The third-order valence-electron chi connectivity index (χ3n) is 5.08. The first-order valence-electron chi connectivity index (χ1n) is 8.35. The molecule has 1 unspecified atom stereocenters. The summed E-state index contributed by atoms with van der Waals surface area (Å²) in [6, 6.07) is 0.510. The number of halogens is 3. The molecule has 1 aromatic rings. The minimum absolute atomic E-state index is 0.373. The van der Waals surface area contributed by atoms with Crippen LogP contribution in [0.25, 0.3) is 0 Å². The molecule has 0 radical (unpaired) electrons. The highest BCUT2D eigenvalue weighted by Gasteiger charge is 2.35. The second kappa shape index (κ2) is 6.81. The summed E-state index contributed by atoms with van der Waals surface area (Å²) in [5, 5.41) is 3.59. The maximum absolute atomic E-state index is 12.7. The Labute approximate surface area is 134 Å². The zero-order valence-corrected chi connectivity index (χ0v) is 13.4. The summed E-state index contributed by atoms with van der Waals surface area (Å²) in [4.78, 5) is 3.73. The van der Waals surface area contributed by atoms with E-state index in [9.17, 15) is 13.2 Å². The van der Waals surface area contributed by atoms with Crippen molar-refractivity contribution in [3.8, 4) is 0 Å². The number of imidazole rings is 1. The van der Waals surface area contributed by atoms with Gasteiger partial charge < -0.3 is 14.6 Å². The maximum atomic E-state index is 12.7. The van der Waals surface area contributed by atoms with Gasteiger partial charge in [-0.05, 0) is 44.6 Å². The predicted octanol–water partition coefficient (Wildman–Crippen LogP) is 3.01. The van der Waals surface area contributed by atoms with Crippen LogP contribution >= 0.6 is 0 Å². The van der Waals surface area contributed by atoms with Gasteiger partial charge in [0.1, 0.15) is 5.82 Å². The number of hydrogen-bond donors (Lipinski definition) is 1. The van der Waals surface area contributed by atoms with Crippen LogP contribution in [0.3, 0.4) is 0 Å². The molecule has 3 rings (SSSR count). The van der Waals surface area contributed by atoms with E-state index in [-0.39, 0.29) is 0 Å². The van der Waals surface area contributed by atoms with Crippen molar-refractivity contribution in [1.82, 2.24) is 14.9 Å². The predicted molar refractivity (Wildman–Crippen MR) is 80.1 cm³/mol. The van der Waals surface area contributed by atoms with Crippen LogP contribution in [-0.2, 0) is 23.9 Å². The van der Waals surface area contributed by atoms with E-state index in [1.54, 1.807) is 11.7 Å². The number of nitrogens with zero attached hydrogens (tertiary/aromatic N) is 2. The average molecular weight is 331 g/mol. The molecule has 7 heteroatoms. The van der Waals surface area contributed by atoms with E-state index in [0.717, 1.165) is 44.8 Å². The SMILES string of the molecule is COC1CCC(NCC2CCc3nc(C(F)(F)F)cn3C2)CC1. The van der Waals surface area contributed by atoms with Crippen molar-refractivity contribution in [3.63, 3.8) is 0 Å². The molecule has 1 N–H and O–H groups in total. The summed E-state index contributed by atoms with van der Waals surface area (Å²) in [5.41, 5.74) is -0.765. The van der Waals surface area contributed by atoms with Crippen LogP contribution in [0.15, 0.2) is 6.20 Å². The van der Waals surface area contributed by atoms with E-state index in [0.29, 0.717) is 36.9 Å². The van der Waals surface area contributed by atoms with Crippen molar-refractivity contribution < 1.29 is 17.9 Å². The van der Waals surface area contributed by atoms with Crippen LogP contribution in [0.5, 0.6) is 0 Å². The van der Waals surface area contributed by atoms with Crippen molar-refractivity contribution in [3.05, 3.63) is 17.7 Å². The second-order valence-electron chi connectivity index (χ2n) is 6.71. The highest BCUT2D eigenvalue weighted by atomic mass is 19.4. The molecular formula is C16H24F3N3O. The number of hydrogen-bond acceptors (Lipinski definition) is 3. The molecule has 4 nitrogen and oxygen atoms in total. The molecule has 23 heavy (non-hydrogen) atoms. The van der Waals surface area contributed by atoms with E-state index >= 15 is 0 Å². The fourth-order valence-electron chi connectivity index (χ4n) is 3.65. The lowest BCUT2D eigenvalue weighted by molar-refractivity contribution is -0.141. The third kappa shape index (κ3) is 4.07. The highest BCUT2D eigenvalue weighted by molar-refractivity contribution is 5.09. The zero-order valence-electron chi connectivity index (χ0n) is 13.4. The minimum atomic E-state index is -4.35. The molecule has 1 aliphatic carbocycles. The molecule has 0 bridgehead atoms. The smallest absolute Gasteiger partial charge is 0.381 e. The van der Waals surface area contributed by atoms with Crippen LogP contribution < -0.4 is 5.32 Å². The lowest BCUT2D eigenvalue weighted by Gasteiger charge is -2.31. The quantitative estimate of drug-likeness (QED) is 0.922. The van der Waals surface area contributed by atoms with Gasteiger partial charge in [-0.1, -0.05) is 0 Å². The lowest BCUT2D eigenvalue weighted by Crippen LogP contribution is -2.39. The monoisotopic (exact) mass is 331 g/mol. The Morgan fingerprint density at radius 2 is 2.00 bits per heavy atom. The molecule has 2 aliphatic rings. The average Bonchev–Trinajstić information content (AvgIpc) is 2.97. The molecule has 0 aromatic carbocycles. The van der Waals surface area contributed by atoms with Crippen LogP contribution in [0.2, 0.25) is 0 Å². The molecule has 1 atom stereocenters. The maximum Gasteiger partial charge on any atom is 0.434 e.